The minimum absolute atomic E-state index is 0.221. The summed E-state index contributed by atoms with van der Waals surface area (Å²) in [4.78, 5) is 5.02. The highest BCUT2D eigenvalue weighted by atomic mass is 32.1. The van der Waals surface area contributed by atoms with Crippen molar-refractivity contribution in [3.63, 3.8) is 0 Å². The van der Waals surface area contributed by atoms with E-state index in [1.807, 2.05) is 11.3 Å². The molecule has 0 bridgehead atoms. The van der Waals surface area contributed by atoms with Crippen LogP contribution >= 0.6 is 11.3 Å². The van der Waals surface area contributed by atoms with E-state index in [0.717, 1.165) is 5.92 Å². The minimum Gasteiger partial charge on any atom is -0.245 e. The third kappa shape index (κ3) is 1.93. The predicted octanol–water partition coefficient (Wildman–Crippen LogP) is 4.88. The molecule has 98 valence electrons. The summed E-state index contributed by atoms with van der Waals surface area (Å²) in [5.74, 6) is 0.777. The summed E-state index contributed by atoms with van der Waals surface area (Å²) in [6.07, 6.45) is 7.92. The minimum atomic E-state index is 0.221. The van der Waals surface area contributed by atoms with Crippen molar-refractivity contribution in [3.8, 4) is 0 Å². The van der Waals surface area contributed by atoms with Gasteiger partial charge in [-0.3, -0.25) is 0 Å². The van der Waals surface area contributed by atoms with Crippen LogP contribution in [0.5, 0.6) is 0 Å². The fourth-order valence-electron chi connectivity index (χ4n) is 3.43. The second-order valence-electron chi connectivity index (χ2n) is 6.01. The normalized spacial score (nSPS) is 21.7. The van der Waals surface area contributed by atoms with Gasteiger partial charge in [-0.25, -0.2) is 4.98 Å². The summed E-state index contributed by atoms with van der Waals surface area (Å²) >= 11 is 1.90. The van der Waals surface area contributed by atoms with Gasteiger partial charge in [0, 0.05) is 16.7 Å². The molecule has 2 fully saturated rings. The summed E-state index contributed by atoms with van der Waals surface area (Å²) in [5.41, 5.74) is 3.06. The Morgan fingerprint density at radius 3 is 2.47 bits per heavy atom. The largest absolute Gasteiger partial charge is 0.245 e. The number of aromatic nitrogens is 1. The van der Waals surface area contributed by atoms with Crippen LogP contribution in [0, 0.1) is 0 Å². The number of hydrogen-bond donors (Lipinski definition) is 0. The Morgan fingerprint density at radius 1 is 1.05 bits per heavy atom. The molecule has 0 aliphatic heterocycles. The molecule has 1 aromatic carbocycles. The zero-order valence-corrected chi connectivity index (χ0v) is 12.0. The monoisotopic (exact) mass is 269 g/mol. The maximum absolute atomic E-state index is 5.02. The molecule has 4 rings (SSSR count). The predicted molar refractivity (Wildman–Crippen MR) is 79.8 cm³/mol. The average Bonchev–Trinajstić information content (AvgIpc) is 3.01. The molecule has 2 aliphatic rings. The van der Waals surface area contributed by atoms with Crippen LogP contribution in [0.25, 0.3) is 0 Å². The molecule has 19 heavy (non-hydrogen) atoms. The summed E-state index contributed by atoms with van der Waals surface area (Å²) in [6.45, 7) is 0. The lowest BCUT2D eigenvalue weighted by Gasteiger charge is -2.27. The molecule has 0 amide bonds. The van der Waals surface area contributed by atoms with Crippen LogP contribution in [0.4, 0.5) is 0 Å². The SMILES string of the molecule is c1ccc(C2(c3nc(C4CC4)cs3)CCCC2)cc1. The molecule has 1 aromatic heterocycles. The first-order valence-corrected chi connectivity index (χ1v) is 8.28. The van der Waals surface area contributed by atoms with E-state index in [2.05, 4.69) is 35.7 Å². The van der Waals surface area contributed by atoms with E-state index in [9.17, 15) is 0 Å². The molecule has 0 N–H and O–H groups in total. The Bertz CT molecular complexity index is 562. The fourth-order valence-corrected chi connectivity index (χ4v) is 4.62. The van der Waals surface area contributed by atoms with Crippen molar-refractivity contribution in [1.29, 1.82) is 0 Å². The second-order valence-corrected chi connectivity index (χ2v) is 6.87. The van der Waals surface area contributed by atoms with Gasteiger partial charge in [0.25, 0.3) is 0 Å². The maximum Gasteiger partial charge on any atom is 0.103 e. The Kier molecular flexibility index (Phi) is 2.73. The van der Waals surface area contributed by atoms with Gasteiger partial charge in [-0.15, -0.1) is 11.3 Å². The van der Waals surface area contributed by atoms with E-state index in [-0.39, 0.29) is 5.41 Å². The van der Waals surface area contributed by atoms with Crippen LogP contribution in [0.3, 0.4) is 0 Å². The highest BCUT2D eigenvalue weighted by molar-refractivity contribution is 7.09. The van der Waals surface area contributed by atoms with Crippen molar-refractivity contribution in [2.45, 2.75) is 49.9 Å². The molecule has 1 nitrogen and oxygen atoms in total. The zero-order valence-electron chi connectivity index (χ0n) is 11.1. The lowest BCUT2D eigenvalue weighted by atomic mass is 9.79. The average molecular weight is 269 g/mol. The van der Waals surface area contributed by atoms with Gasteiger partial charge in [-0.1, -0.05) is 43.2 Å². The first kappa shape index (κ1) is 11.7. The summed E-state index contributed by atoms with van der Waals surface area (Å²) in [6, 6.07) is 11.0. The lowest BCUT2D eigenvalue weighted by molar-refractivity contribution is 0.530. The van der Waals surface area contributed by atoms with Crippen LogP contribution in [0.15, 0.2) is 35.7 Å². The first-order valence-electron chi connectivity index (χ1n) is 7.40. The van der Waals surface area contributed by atoms with Crippen molar-refractivity contribution in [3.05, 3.63) is 52.0 Å². The van der Waals surface area contributed by atoms with Gasteiger partial charge < -0.3 is 0 Å². The van der Waals surface area contributed by atoms with Crippen molar-refractivity contribution in [2.75, 3.05) is 0 Å². The van der Waals surface area contributed by atoms with E-state index >= 15 is 0 Å². The molecule has 0 spiro atoms. The molecular weight excluding hydrogens is 250 g/mol. The smallest absolute Gasteiger partial charge is 0.103 e. The summed E-state index contributed by atoms with van der Waals surface area (Å²) in [7, 11) is 0. The first-order chi connectivity index (χ1) is 9.38. The Morgan fingerprint density at radius 2 is 1.79 bits per heavy atom. The number of rotatable bonds is 3. The molecular formula is C17H19NS. The molecule has 0 saturated heterocycles. The standard InChI is InChI=1S/C17H19NS/c1-2-6-14(7-3-1)17(10-4-5-11-17)16-18-15(12-19-16)13-8-9-13/h1-3,6-7,12-13H,4-5,8-11H2. The molecule has 0 atom stereocenters. The quantitative estimate of drug-likeness (QED) is 0.774. The topological polar surface area (TPSA) is 12.9 Å². The lowest BCUT2D eigenvalue weighted by Crippen LogP contribution is -2.23. The van der Waals surface area contributed by atoms with E-state index in [1.165, 1.54) is 54.8 Å². The summed E-state index contributed by atoms with van der Waals surface area (Å²) < 4.78 is 0. The molecule has 0 unspecified atom stereocenters. The van der Waals surface area contributed by atoms with Crippen LogP contribution < -0.4 is 0 Å². The number of hydrogen-bond acceptors (Lipinski definition) is 2. The molecule has 2 aliphatic carbocycles. The molecule has 2 aromatic rings. The van der Waals surface area contributed by atoms with Gasteiger partial charge in [0.1, 0.15) is 5.01 Å². The zero-order chi connectivity index (χ0) is 12.7. The van der Waals surface area contributed by atoms with Gasteiger partial charge in [0.05, 0.1) is 5.69 Å². The Labute approximate surface area is 118 Å². The number of nitrogens with zero attached hydrogens (tertiary/aromatic N) is 1. The van der Waals surface area contributed by atoms with Gasteiger partial charge in [0.2, 0.25) is 0 Å². The third-order valence-electron chi connectivity index (χ3n) is 4.71. The van der Waals surface area contributed by atoms with E-state index in [0.29, 0.717) is 0 Å². The van der Waals surface area contributed by atoms with Gasteiger partial charge in [-0.05, 0) is 31.2 Å². The number of thiazole rings is 1. The fraction of sp³-hybridized carbons (Fsp3) is 0.471. The Hall–Kier alpha value is -1.15. The summed E-state index contributed by atoms with van der Waals surface area (Å²) in [5, 5.41) is 3.69. The molecule has 1 heterocycles. The van der Waals surface area contributed by atoms with Crippen molar-refractivity contribution in [2.24, 2.45) is 0 Å². The van der Waals surface area contributed by atoms with Gasteiger partial charge >= 0.3 is 0 Å². The van der Waals surface area contributed by atoms with E-state index in [4.69, 9.17) is 4.98 Å². The van der Waals surface area contributed by atoms with Crippen LogP contribution in [-0.4, -0.2) is 4.98 Å². The van der Waals surface area contributed by atoms with Crippen LogP contribution in [-0.2, 0) is 5.41 Å². The highest BCUT2D eigenvalue weighted by Gasteiger charge is 2.40. The van der Waals surface area contributed by atoms with Gasteiger partial charge in [0.15, 0.2) is 0 Å². The molecule has 0 radical (unpaired) electrons. The second kappa shape index (κ2) is 4.45. The Balaban J connectivity index is 1.77. The number of benzene rings is 1. The van der Waals surface area contributed by atoms with Crippen LogP contribution in [0.1, 0.15) is 60.7 Å². The molecule has 2 heteroatoms. The molecule has 2 saturated carbocycles. The van der Waals surface area contributed by atoms with Crippen molar-refractivity contribution >= 4 is 11.3 Å². The van der Waals surface area contributed by atoms with E-state index < -0.39 is 0 Å². The van der Waals surface area contributed by atoms with E-state index in [1.54, 1.807) is 0 Å². The maximum atomic E-state index is 5.02. The highest BCUT2D eigenvalue weighted by Crippen LogP contribution is 2.49. The van der Waals surface area contributed by atoms with Gasteiger partial charge in [-0.2, -0.15) is 0 Å². The van der Waals surface area contributed by atoms with Crippen LogP contribution in [0.2, 0.25) is 0 Å². The van der Waals surface area contributed by atoms with Crippen molar-refractivity contribution < 1.29 is 0 Å². The van der Waals surface area contributed by atoms with Crippen molar-refractivity contribution in [1.82, 2.24) is 4.98 Å². The third-order valence-corrected chi connectivity index (χ3v) is 5.78.